The zero-order valence-corrected chi connectivity index (χ0v) is 14.1. The zero-order chi connectivity index (χ0) is 9.26. The normalized spacial score (nSPS) is 13.0. The number of rotatable bonds is 1. The van der Waals surface area contributed by atoms with E-state index in [9.17, 15) is 9.90 Å². The first-order chi connectivity index (χ1) is 6.27. The molecule has 0 saturated heterocycles. The minimum Gasteiger partial charge on any atom is -0.545 e. The number of carbonyl (C=O) groups is 1. The average molecular weight is 308 g/mol. The second-order valence-corrected chi connectivity index (χ2v) is 2.78. The van der Waals surface area contributed by atoms with Crippen molar-refractivity contribution in [2.75, 3.05) is 6.61 Å². The van der Waals surface area contributed by atoms with E-state index >= 15 is 0 Å². The van der Waals surface area contributed by atoms with Crippen molar-refractivity contribution in [1.29, 1.82) is 0 Å². The van der Waals surface area contributed by atoms with E-state index in [4.69, 9.17) is 4.74 Å². The maximum Gasteiger partial charge on any atom is 1.00 e. The molecule has 0 aliphatic carbocycles. The van der Waals surface area contributed by atoms with Crippen molar-refractivity contribution in [3.05, 3.63) is 35.4 Å². The number of para-hydroxylation sites is 1. The van der Waals surface area contributed by atoms with Gasteiger partial charge >= 0.3 is 68.9 Å². The Morgan fingerprint density at radius 3 is 2.79 bits per heavy atom. The molecule has 2 rings (SSSR count). The van der Waals surface area contributed by atoms with Crippen LogP contribution in [-0.4, -0.2) is 12.6 Å². The third-order valence-corrected chi connectivity index (χ3v) is 1.89. The number of benzene rings is 1. The van der Waals surface area contributed by atoms with Gasteiger partial charge in [0.25, 0.3) is 0 Å². The third-order valence-electron chi connectivity index (χ3n) is 1.89. The largest absolute Gasteiger partial charge is 1.00 e. The molecule has 14 heavy (non-hydrogen) atoms. The van der Waals surface area contributed by atoms with Crippen LogP contribution in [0.2, 0.25) is 0 Å². The first-order valence-corrected chi connectivity index (χ1v) is 3.91. The Morgan fingerprint density at radius 1 is 1.36 bits per heavy atom. The van der Waals surface area contributed by atoms with E-state index in [0.717, 1.165) is 5.56 Å². The number of hydrogen-bond acceptors (Lipinski definition) is 3. The van der Waals surface area contributed by atoms with Crippen molar-refractivity contribution in [3.8, 4) is 5.75 Å². The Morgan fingerprint density at radius 2 is 2.07 bits per heavy atom. The van der Waals surface area contributed by atoms with Crippen LogP contribution in [0.4, 0.5) is 0 Å². The Balaban J connectivity index is 0.000000980. The van der Waals surface area contributed by atoms with Gasteiger partial charge in [0, 0.05) is 11.1 Å². The maximum atomic E-state index is 10.5. The predicted octanol–water partition coefficient (Wildman–Crippen LogP) is -2.78. The van der Waals surface area contributed by atoms with Crippen LogP contribution >= 0.6 is 0 Å². The summed E-state index contributed by atoms with van der Waals surface area (Å²) >= 11 is 0. The smallest absolute Gasteiger partial charge is 0.545 e. The summed E-state index contributed by atoms with van der Waals surface area (Å²) in [5.41, 5.74) is 0.964. The van der Waals surface area contributed by atoms with Gasteiger partial charge in [-0.1, -0.05) is 18.2 Å². The molecule has 0 aromatic heterocycles. The van der Waals surface area contributed by atoms with Crippen LogP contribution in [0.1, 0.15) is 5.56 Å². The molecule has 0 N–H and O–H groups in total. The first kappa shape index (κ1) is 12.4. The fourth-order valence-corrected chi connectivity index (χ4v) is 1.23. The molecular weight excluding hydrogens is 301 g/mol. The molecule has 0 atom stereocenters. The zero-order valence-electron chi connectivity index (χ0n) is 7.82. The van der Waals surface area contributed by atoms with E-state index in [2.05, 4.69) is 0 Å². The van der Waals surface area contributed by atoms with Gasteiger partial charge in [0.15, 0.2) is 0 Å². The van der Waals surface area contributed by atoms with Crippen LogP contribution in [0.3, 0.4) is 0 Å². The number of ether oxygens (including phenoxy) is 1. The SMILES string of the molecule is O=C([O-])C1=Cc2ccccc2OC1.[Cs+]. The van der Waals surface area contributed by atoms with Gasteiger partial charge in [-0.2, -0.15) is 0 Å². The minimum absolute atomic E-state index is 0. The summed E-state index contributed by atoms with van der Waals surface area (Å²) in [6.07, 6.45) is 1.58. The molecule has 4 heteroatoms. The fraction of sp³-hybridized carbons (Fsp3) is 0.100. The maximum absolute atomic E-state index is 10.5. The van der Waals surface area contributed by atoms with Gasteiger partial charge in [-0.3, -0.25) is 0 Å². The van der Waals surface area contributed by atoms with Crippen molar-refractivity contribution in [2.45, 2.75) is 0 Å². The van der Waals surface area contributed by atoms with Crippen molar-refractivity contribution in [1.82, 2.24) is 0 Å². The van der Waals surface area contributed by atoms with Crippen molar-refractivity contribution in [2.24, 2.45) is 0 Å². The number of hydrogen-bond donors (Lipinski definition) is 0. The summed E-state index contributed by atoms with van der Waals surface area (Å²) in [5, 5.41) is 10.5. The monoisotopic (exact) mass is 308 g/mol. The van der Waals surface area contributed by atoms with Crippen LogP contribution < -0.4 is 78.7 Å². The summed E-state index contributed by atoms with van der Waals surface area (Å²) in [6.45, 7) is 0.0827. The summed E-state index contributed by atoms with van der Waals surface area (Å²) in [5.74, 6) is -0.456. The van der Waals surface area contributed by atoms with Gasteiger partial charge in [-0.15, -0.1) is 0 Å². The summed E-state index contributed by atoms with van der Waals surface area (Å²) in [4.78, 5) is 10.5. The van der Waals surface area contributed by atoms with Crippen LogP contribution in [0.25, 0.3) is 6.08 Å². The Labute approximate surface area is 141 Å². The van der Waals surface area contributed by atoms with E-state index in [1.165, 1.54) is 0 Å². The molecule has 0 unspecified atom stereocenters. The summed E-state index contributed by atoms with van der Waals surface area (Å²) < 4.78 is 5.21. The van der Waals surface area contributed by atoms with Gasteiger partial charge in [-0.25, -0.2) is 0 Å². The molecular formula is C10H7CsO3. The van der Waals surface area contributed by atoms with Crippen LogP contribution in [0.15, 0.2) is 29.8 Å². The van der Waals surface area contributed by atoms with Gasteiger partial charge in [-0.05, 0) is 12.1 Å². The quantitative estimate of drug-likeness (QED) is 0.564. The predicted molar refractivity (Wildman–Crippen MR) is 44.9 cm³/mol. The van der Waals surface area contributed by atoms with E-state index in [0.29, 0.717) is 5.75 Å². The molecule has 1 aromatic rings. The van der Waals surface area contributed by atoms with E-state index < -0.39 is 5.97 Å². The molecule has 66 valence electrons. The van der Waals surface area contributed by atoms with Crippen molar-refractivity contribution < 1.29 is 83.5 Å². The van der Waals surface area contributed by atoms with E-state index in [-0.39, 0.29) is 81.1 Å². The number of fused-ring (bicyclic) bond motifs is 1. The molecule has 0 saturated carbocycles. The fourth-order valence-electron chi connectivity index (χ4n) is 1.23. The first-order valence-electron chi connectivity index (χ1n) is 3.91. The molecule has 1 aromatic carbocycles. The number of carboxylic acid groups (broad SMARTS) is 1. The minimum atomic E-state index is -1.17. The molecule has 1 aliphatic rings. The summed E-state index contributed by atoms with van der Waals surface area (Å²) in [7, 11) is 0. The Hall–Kier alpha value is 0.282. The van der Waals surface area contributed by atoms with Gasteiger partial charge < -0.3 is 14.6 Å². The van der Waals surface area contributed by atoms with E-state index in [1.54, 1.807) is 18.2 Å². The molecule has 3 nitrogen and oxygen atoms in total. The van der Waals surface area contributed by atoms with Crippen LogP contribution in [-0.2, 0) is 4.79 Å². The molecule has 0 amide bonds. The molecule has 1 heterocycles. The molecule has 0 radical (unpaired) electrons. The van der Waals surface area contributed by atoms with Gasteiger partial charge in [0.1, 0.15) is 12.4 Å². The van der Waals surface area contributed by atoms with Crippen LogP contribution in [0.5, 0.6) is 5.75 Å². The topological polar surface area (TPSA) is 49.4 Å². The average Bonchev–Trinajstić information content (AvgIpc) is 2.17. The molecule has 0 spiro atoms. The van der Waals surface area contributed by atoms with Gasteiger partial charge in [0.05, 0.1) is 5.97 Å². The molecule has 0 fully saturated rings. The molecule has 1 aliphatic heterocycles. The van der Waals surface area contributed by atoms with Crippen LogP contribution in [0, 0.1) is 0 Å². The second kappa shape index (κ2) is 5.39. The Kier molecular flexibility index (Phi) is 4.75. The standard InChI is InChI=1S/C10H8O3.Cs/c11-10(12)8-5-7-3-1-2-4-9(7)13-6-8;/h1-5H,6H2,(H,11,12);/q;+1/p-1. The third kappa shape index (κ3) is 2.65. The summed E-state index contributed by atoms with van der Waals surface area (Å²) in [6, 6.07) is 7.28. The van der Waals surface area contributed by atoms with Gasteiger partial charge in [0.2, 0.25) is 0 Å². The Bertz CT molecular complexity index is 385. The number of aliphatic carboxylic acids is 1. The van der Waals surface area contributed by atoms with Crippen molar-refractivity contribution in [3.63, 3.8) is 0 Å². The van der Waals surface area contributed by atoms with Crippen molar-refractivity contribution >= 4 is 12.0 Å². The second-order valence-electron chi connectivity index (χ2n) is 2.78. The van der Waals surface area contributed by atoms with E-state index in [1.807, 2.05) is 12.1 Å². The number of carboxylic acids is 1. The molecule has 0 bridgehead atoms. The number of carbonyl (C=O) groups excluding carboxylic acids is 1.